The van der Waals surface area contributed by atoms with E-state index in [0.717, 1.165) is 12.0 Å². The summed E-state index contributed by atoms with van der Waals surface area (Å²) in [6, 6.07) is 3.62. The molecule has 9 heteroatoms. The van der Waals surface area contributed by atoms with Crippen LogP contribution in [0.3, 0.4) is 0 Å². The van der Waals surface area contributed by atoms with Crippen molar-refractivity contribution in [2.75, 3.05) is 18.8 Å². The van der Waals surface area contributed by atoms with Gasteiger partial charge in [0.15, 0.2) is 0 Å². The number of sulfonamides is 1. The van der Waals surface area contributed by atoms with Crippen LogP contribution in [0.2, 0.25) is 0 Å². The van der Waals surface area contributed by atoms with Crippen LogP contribution in [0, 0.1) is 0 Å². The first kappa shape index (κ1) is 18.9. The van der Waals surface area contributed by atoms with E-state index in [1.165, 1.54) is 0 Å². The van der Waals surface area contributed by atoms with E-state index < -0.39 is 10.0 Å². The van der Waals surface area contributed by atoms with Gasteiger partial charge in [-0.1, -0.05) is 18.5 Å². The summed E-state index contributed by atoms with van der Waals surface area (Å²) in [7, 11) is -3.13. The number of rotatable bonds is 8. The Morgan fingerprint density at radius 1 is 1.27 bits per heavy atom. The number of ether oxygens (including phenoxy) is 1. The summed E-state index contributed by atoms with van der Waals surface area (Å²) in [6.45, 7) is 3.23. The molecule has 142 valence electrons. The molecular weight excluding hydrogens is 356 g/mol. The molecule has 3 heterocycles. The molecule has 0 N–H and O–H groups in total. The first-order chi connectivity index (χ1) is 12.6. The summed E-state index contributed by atoms with van der Waals surface area (Å²) < 4.78 is 37.1. The van der Waals surface area contributed by atoms with E-state index in [9.17, 15) is 8.42 Å². The lowest BCUT2D eigenvalue weighted by molar-refractivity contribution is -0.00119. The number of hydrogen-bond donors (Lipinski definition) is 0. The number of aromatic nitrogens is 3. The normalized spacial score (nSPS) is 16.8. The standard InChI is InChI=1S/C17H24N4O4S/c1-2-3-12-26(22,23)21-10-6-15(7-11-21)24-13-16-19-17(20-25-16)14-4-8-18-9-5-14/h4-5,8-9,15H,2-3,6-7,10-13H2,1H3. The highest BCUT2D eigenvalue weighted by molar-refractivity contribution is 7.89. The number of piperidine rings is 1. The highest BCUT2D eigenvalue weighted by atomic mass is 32.2. The fourth-order valence-electron chi connectivity index (χ4n) is 2.85. The molecule has 2 aromatic rings. The second kappa shape index (κ2) is 8.70. The fourth-order valence-corrected chi connectivity index (χ4v) is 4.53. The van der Waals surface area contributed by atoms with E-state index in [-0.39, 0.29) is 18.5 Å². The monoisotopic (exact) mass is 380 g/mol. The topological polar surface area (TPSA) is 98.4 Å². The van der Waals surface area contributed by atoms with Crippen molar-refractivity contribution in [2.45, 2.75) is 45.3 Å². The highest BCUT2D eigenvalue weighted by Gasteiger charge is 2.28. The highest BCUT2D eigenvalue weighted by Crippen LogP contribution is 2.20. The summed E-state index contributed by atoms with van der Waals surface area (Å²) in [4.78, 5) is 8.27. The Kier molecular flexibility index (Phi) is 6.33. The van der Waals surface area contributed by atoms with Crippen LogP contribution < -0.4 is 0 Å². The van der Waals surface area contributed by atoms with Gasteiger partial charge in [0.1, 0.15) is 6.61 Å². The van der Waals surface area contributed by atoms with Gasteiger partial charge >= 0.3 is 0 Å². The van der Waals surface area contributed by atoms with Crippen molar-refractivity contribution < 1.29 is 17.7 Å². The van der Waals surface area contributed by atoms with Crippen LogP contribution in [0.4, 0.5) is 0 Å². The van der Waals surface area contributed by atoms with Crippen LogP contribution in [-0.4, -0.2) is 52.8 Å². The molecular formula is C17H24N4O4S. The second-order valence-corrected chi connectivity index (χ2v) is 8.42. The Labute approximate surface area is 153 Å². The van der Waals surface area contributed by atoms with Crippen molar-refractivity contribution in [1.82, 2.24) is 19.4 Å². The van der Waals surface area contributed by atoms with Gasteiger partial charge in [-0.05, 0) is 31.4 Å². The van der Waals surface area contributed by atoms with E-state index in [2.05, 4.69) is 15.1 Å². The van der Waals surface area contributed by atoms with Crippen LogP contribution in [0.15, 0.2) is 29.0 Å². The van der Waals surface area contributed by atoms with E-state index in [1.807, 2.05) is 19.1 Å². The molecule has 26 heavy (non-hydrogen) atoms. The largest absolute Gasteiger partial charge is 0.368 e. The summed E-state index contributed by atoms with van der Waals surface area (Å²) >= 11 is 0. The lowest BCUT2D eigenvalue weighted by Crippen LogP contribution is -2.41. The molecule has 8 nitrogen and oxygen atoms in total. The van der Waals surface area contributed by atoms with Crippen LogP contribution in [0.5, 0.6) is 0 Å². The van der Waals surface area contributed by atoms with Gasteiger partial charge in [-0.15, -0.1) is 0 Å². The average molecular weight is 380 g/mol. The van der Waals surface area contributed by atoms with E-state index in [1.54, 1.807) is 16.7 Å². The van der Waals surface area contributed by atoms with Gasteiger partial charge in [-0.25, -0.2) is 12.7 Å². The molecule has 2 aromatic heterocycles. The Balaban J connectivity index is 1.46. The molecule has 0 saturated carbocycles. The first-order valence-corrected chi connectivity index (χ1v) is 10.5. The molecule has 0 atom stereocenters. The zero-order valence-corrected chi connectivity index (χ0v) is 15.7. The average Bonchev–Trinajstić information content (AvgIpc) is 3.15. The van der Waals surface area contributed by atoms with E-state index in [4.69, 9.17) is 9.26 Å². The van der Waals surface area contributed by atoms with Gasteiger partial charge in [0.25, 0.3) is 5.89 Å². The van der Waals surface area contributed by atoms with Gasteiger partial charge < -0.3 is 9.26 Å². The molecule has 3 rings (SSSR count). The van der Waals surface area contributed by atoms with Gasteiger partial charge in [0.2, 0.25) is 15.8 Å². The summed E-state index contributed by atoms with van der Waals surface area (Å²) in [5.41, 5.74) is 0.834. The lowest BCUT2D eigenvalue weighted by atomic mass is 10.1. The molecule has 0 unspecified atom stereocenters. The van der Waals surface area contributed by atoms with Crippen LogP contribution in [0.1, 0.15) is 38.5 Å². The van der Waals surface area contributed by atoms with Crippen molar-refractivity contribution in [1.29, 1.82) is 0 Å². The fraction of sp³-hybridized carbons (Fsp3) is 0.588. The smallest absolute Gasteiger partial charge is 0.252 e. The molecule has 0 radical (unpaired) electrons. The van der Waals surface area contributed by atoms with Crippen molar-refractivity contribution in [3.05, 3.63) is 30.4 Å². The Morgan fingerprint density at radius 3 is 2.69 bits per heavy atom. The molecule has 1 fully saturated rings. The maximum atomic E-state index is 12.2. The molecule has 0 spiro atoms. The predicted octanol–water partition coefficient (Wildman–Crippen LogP) is 2.24. The molecule has 1 aliphatic heterocycles. The minimum Gasteiger partial charge on any atom is -0.368 e. The Bertz CT molecular complexity index is 786. The molecule has 1 saturated heterocycles. The SMILES string of the molecule is CCCCS(=O)(=O)N1CCC(OCc2nc(-c3ccncc3)no2)CC1. The molecule has 0 bridgehead atoms. The maximum Gasteiger partial charge on any atom is 0.252 e. The van der Waals surface area contributed by atoms with Crippen molar-refractivity contribution in [2.24, 2.45) is 0 Å². The number of nitrogens with zero attached hydrogens (tertiary/aromatic N) is 4. The van der Waals surface area contributed by atoms with E-state index in [0.29, 0.717) is 44.1 Å². The molecule has 1 aliphatic rings. The summed E-state index contributed by atoms with van der Waals surface area (Å²) in [6.07, 6.45) is 6.28. The second-order valence-electron chi connectivity index (χ2n) is 6.33. The van der Waals surface area contributed by atoms with Crippen molar-refractivity contribution in [3.8, 4) is 11.4 Å². The Morgan fingerprint density at radius 2 is 2.00 bits per heavy atom. The first-order valence-electron chi connectivity index (χ1n) is 8.91. The minimum atomic E-state index is -3.13. The third-order valence-electron chi connectivity index (χ3n) is 4.40. The zero-order valence-electron chi connectivity index (χ0n) is 14.9. The number of pyridine rings is 1. The van der Waals surface area contributed by atoms with Crippen LogP contribution in [-0.2, 0) is 21.4 Å². The summed E-state index contributed by atoms with van der Waals surface area (Å²) in [5, 5.41) is 3.94. The molecule has 0 amide bonds. The lowest BCUT2D eigenvalue weighted by Gasteiger charge is -2.30. The maximum absolute atomic E-state index is 12.2. The third-order valence-corrected chi connectivity index (χ3v) is 6.36. The van der Waals surface area contributed by atoms with Crippen LogP contribution in [0.25, 0.3) is 11.4 Å². The third kappa shape index (κ3) is 4.87. The predicted molar refractivity (Wildman–Crippen MR) is 95.6 cm³/mol. The zero-order chi connectivity index (χ0) is 18.4. The minimum absolute atomic E-state index is 0.00361. The van der Waals surface area contributed by atoms with Crippen molar-refractivity contribution in [3.63, 3.8) is 0 Å². The summed E-state index contributed by atoms with van der Waals surface area (Å²) in [5.74, 6) is 1.15. The quantitative estimate of drug-likeness (QED) is 0.692. The van der Waals surface area contributed by atoms with Crippen LogP contribution >= 0.6 is 0 Å². The van der Waals surface area contributed by atoms with Gasteiger partial charge in [0.05, 0.1) is 11.9 Å². The number of unbranched alkanes of at least 4 members (excludes halogenated alkanes) is 1. The van der Waals surface area contributed by atoms with Gasteiger partial charge in [0, 0.05) is 31.0 Å². The Hall–Kier alpha value is -1.84. The van der Waals surface area contributed by atoms with E-state index >= 15 is 0 Å². The van der Waals surface area contributed by atoms with Gasteiger partial charge in [-0.2, -0.15) is 4.98 Å². The van der Waals surface area contributed by atoms with Crippen molar-refractivity contribution >= 4 is 10.0 Å². The molecule has 0 aromatic carbocycles. The van der Waals surface area contributed by atoms with Gasteiger partial charge in [-0.3, -0.25) is 4.98 Å². The number of hydrogen-bond acceptors (Lipinski definition) is 7. The molecule has 0 aliphatic carbocycles.